The summed E-state index contributed by atoms with van der Waals surface area (Å²) in [6.45, 7) is 12.5. The van der Waals surface area contributed by atoms with Gasteiger partial charge in [-0.1, -0.05) is 41.4 Å². The van der Waals surface area contributed by atoms with E-state index in [9.17, 15) is 37.5 Å². The minimum Gasteiger partial charge on any atom is -0.482 e. The zero-order valence-corrected chi connectivity index (χ0v) is 51.3. The molecule has 5 atom stereocenters. The first-order chi connectivity index (χ1) is 42.0. The maximum absolute atomic E-state index is 14.6. The number of rotatable bonds is 29. The van der Waals surface area contributed by atoms with E-state index in [-0.39, 0.29) is 76.6 Å². The van der Waals surface area contributed by atoms with Gasteiger partial charge in [0.15, 0.2) is 23.2 Å². The number of hydrogen-bond acceptors (Lipinski definition) is 17. The van der Waals surface area contributed by atoms with Crippen LogP contribution in [0.2, 0.25) is 5.02 Å². The topological polar surface area (TPSA) is 249 Å². The van der Waals surface area contributed by atoms with E-state index in [1.165, 1.54) is 19.2 Å². The number of likely N-dealkylation sites (N-methyl/N-ethyl adjacent to an activating group) is 1. The summed E-state index contributed by atoms with van der Waals surface area (Å²) < 4.78 is 57.6. The van der Waals surface area contributed by atoms with Crippen molar-refractivity contribution in [1.82, 2.24) is 35.2 Å². The van der Waals surface area contributed by atoms with Crippen molar-refractivity contribution >= 4 is 75.2 Å². The molecule has 3 aromatic carbocycles. The number of aliphatic imine (C=N–C) groups is 1. The van der Waals surface area contributed by atoms with E-state index in [1.54, 1.807) is 59.8 Å². The lowest BCUT2D eigenvalue weighted by molar-refractivity contribution is -0.138. The Bertz CT molecular complexity index is 3040. The quantitative estimate of drug-likeness (QED) is 0.0267. The summed E-state index contributed by atoms with van der Waals surface area (Å²) in [5, 5.41) is 9.39. The van der Waals surface area contributed by atoms with Crippen molar-refractivity contribution in [3.63, 3.8) is 0 Å². The summed E-state index contributed by atoms with van der Waals surface area (Å²) >= 11 is 7.40. The Kier molecular flexibility index (Phi) is 24.8. The first-order valence-electron chi connectivity index (χ1n) is 29.7. The molecule has 0 aliphatic carbocycles. The van der Waals surface area contributed by atoms with E-state index in [1.807, 2.05) is 36.1 Å². The van der Waals surface area contributed by atoms with Crippen molar-refractivity contribution in [2.75, 3.05) is 129 Å². The number of ether oxygens (including phenoxy) is 5. The Balaban J connectivity index is 0.641. The van der Waals surface area contributed by atoms with Gasteiger partial charge in [0.1, 0.15) is 24.0 Å². The molecule has 4 aromatic rings. The van der Waals surface area contributed by atoms with Crippen LogP contribution < -0.4 is 26.4 Å². The largest absolute Gasteiger partial charge is 0.482 e. The number of nitrogens with two attached hydrogens (primary N) is 1. The summed E-state index contributed by atoms with van der Waals surface area (Å²) in [7, 11) is 1.72. The van der Waals surface area contributed by atoms with Gasteiger partial charge in [0.25, 0.3) is 11.8 Å². The summed E-state index contributed by atoms with van der Waals surface area (Å²) in [5.74, 6) is -2.64. The van der Waals surface area contributed by atoms with Gasteiger partial charge >= 0.3 is 0 Å². The van der Waals surface area contributed by atoms with Gasteiger partial charge in [0.2, 0.25) is 17.7 Å². The fourth-order valence-electron chi connectivity index (χ4n) is 10.7. The number of anilines is 2. The fourth-order valence-corrected chi connectivity index (χ4v) is 12.1. The van der Waals surface area contributed by atoms with Crippen LogP contribution in [-0.4, -0.2) is 207 Å². The number of nitrogen functional groups attached to an aromatic ring is 1. The smallest absolute Gasteiger partial charge is 0.257 e. The number of likely N-dealkylation sites (tertiary alicyclic amines) is 2. The van der Waals surface area contributed by atoms with Crippen molar-refractivity contribution in [3.05, 3.63) is 117 Å². The van der Waals surface area contributed by atoms with Gasteiger partial charge in [-0.3, -0.25) is 33.8 Å². The van der Waals surface area contributed by atoms with Crippen LogP contribution in [0.5, 0.6) is 5.75 Å². The highest BCUT2D eigenvalue weighted by molar-refractivity contribution is 8.14. The maximum atomic E-state index is 14.6. The Morgan fingerprint density at radius 3 is 2.07 bits per heavy atom. The van der Waals surface area contributed by atoms with E-state index in [0.717, 1.165) is 68.1 Å². The Labute approximate surface area is 515 Å². The summed E-state index contributed by atoms with van der Waals surface area (Å²) in [6.07, 6.45) is 3.36. The minimum absolute atomic E-state index is 0.00867. The SMILES string of the molecule is CN[C@H](C)C(=O)N[C@@H](C(=O)N1CCC[C@@H]1C1=NC(C(=O)c2ccc(C)cc2)CS1)C1CCN(CCOCCOCCOCCOCCC(=O)N2CCN(C(=O)c3ccc(NC(=O)c4cnc(N)c(O[C@H](C)c5c(F)ccc(Cl)c5F)c4)cc3)CC2)CC1. The number of nitrogens with one attached hydrogen (secondary N) is 3. The van der Waals surface area contributed by atoms with E-state index in [2.05, 4.69) is 25.8 Å². The molecule has 0 radical (unpaired) electrons. The van der Waals surface area contributed by atoms with E-state index in [0.29, 0.717) is 102 Å². The van der Waals surface area contributed by atoms with Crippen LogP contribution in [0.4, 0.5) is 20.3 Å². The molecule has 3 saturated heterocycles. The van der Waals surface area contributed by atoms with Gasteiger partial charge in [-0.15, -0.1) is 11.8 Å². The molecule has 1 unspecified atom stereocenters. The lowest BCUT2D eigenvalue weighted by Crippen LogP contribution is -2.58. The molecule has 4 aliphatic heterocycles. The summed E-state index contributed by atoms with van der Waals surface area (Å²) in [5.41, 5.74) is 8.13. The third-order valence-corrected chi connectivity index (χ3v) is 17.4. The van der Waals surface area contributed by atoms with Crippen LogP contribution in [0.15, 0.2) is 77.9 Å². The van der Waals surface area contributed by atoms with Crippen molar-refractivity contribution < 1.29 is 61.2 Å². The lowest BCUT2D eigenvalue weighted by Gasteiger charge is -2.38. The lowest BCUT2D eigenvalue weighted by atomic mass is 9.88. The van der Waals surface area contributed by atoms with Crippen molar-refractivity contribution in [3.8, 4) is 5.75 Å². The molecule has 1 aromatic heterocycles. The molecule has 4 aliphatic rings. The number of nitrogens with zero attached hydrogens (tertiary/aromatic N) is 6. The predicted octanol–water partition coefficient (Wildman–Crippen LogP) is 6.23. The molecule has 3 fully saturated rings. The molecule has 25 heteroatoms. The number of amides is 5. The first kappa shape index (κ1) is 66.3. The molecular formula is C62H79ClF2N10O11S. The second-order valence-corrected chi connectivity index (χ2v) is 23.4. The number of Topliss-reactive ketones (excluding diaryl/α,β-unsaturated/α-hetero) is 1. The van der Waals surface area contributed by atoms with Crippen LogP contribution in [0.3, 0.4) is 0 Å². The number of hydrogen-bond donors (Lipinski definition) is 4. The highest BCUT2D eigenvalue weighted by Crippen LogP contribution is 2.34. The van der Waals surface area contributed by atoms with Gasteiger partial charge < -0.3 is 65.0 Å². The molecule has 470 valence electrons. The third kappa shape index (κ3) is 18.2. The standard InChI is InChI=1S/C62H79ClF2N10O11S/c1-39-7-9-43(10-8-39)56(77)49-38-87-60(70-49)50-6-5-20-75(50)62(81)55(71-58(78)40(2)67-4)42-17-21-72(22-18-42)27-29-83-31-33-85-35-34-84-32-30-82-28-19-52(76)73-23-25-74(26-24-73)61(80)44-11-13-46(14-12-44)69-59(79)45-36-51(57(66)68-37-45)86-41(3)53-48(64)16-15-47(63)54(53)65/h7-16,36-37,40-42,49-50,55,67H,5-6,17-35,38H2,1-4H3,(H2,66,68)(H,69,79)(H,71,78)/t40-,41-,49?,50-,55-/m1/s1. The molecular weight excluding hydrogens is 1170 g/mol. The predicted molar refractivity (Wildman–Crippen MR) is 327 cm³/mol. The van der Waals surface area contributed by atoms with Gasteiger partial charge in [-0.25, -0.2) is 13.8 Å². The molecule has 0 spiro atoms. The zero-order chi connectivity index (χ0) is 62.0. The third-order valence-electron chi connectivity index (χ3n) is 16.0. The van der Waals surface area contributed by atoms with Crippen LogP contribution in [0, 0.1) is 24.5 Å². The Morgan fingerprint density at radius 1 is 0.770 bits per heavy atom. The number of thioether (sulfide) groups is 1. The number of benzene rings is 3. The van der Waals surface area contributed by atoms with Gasteiger partial charge in [0, 0.05) is 68.0 Å². The number of ketones is 1. The second kappa shape index (κ2) is 32.5. The monoisotopic (exact) mass is 1240 g/mol. The maximum Gasteiger partial charge on any atom is 0.257 e. The number of pyridine rings is 1. The van der Waals surface area contributed by atoms with E-state index < -0.39 is 47.3 Å². The number of piperidine rings is 1. The van der Waals surface area contributed by atoms with Crippen molar-refractivity contribution in [2.24, 2.45) is 10.9 Å². The van der Waals surface area contributed by atoms with Crippen molar-refractivity contribution in [2.45, 2.75) is 83.1 Å². The first-order valence-corrected chi connectivity index (χ1v) is 31.0. The highest BCUT2D eigenvalue weighted by atomic mass is 35.5. The molecule has 5 heterocycles. The Hall–Kier alpha value is -6.64. The molecule has 5 N–H and O–H groups in total. The molecule has 87 heavy (non-hydrogen) atoms. The van der Waals surface area contributed by atoms with Gasteiger partial charge in [-0.05, 0) is 115 Å². The van der Waals surface area contributed by atoms with Crippen LogP contribution in [-0.2, 0) is 33.3 Å². The second-order valence-electron chi connectivity index (χ2n) is 21.9. The van der Waals surface area contributed by atoms with E-state index >= 15 is 0 Å². The average Bonchev–Trinajstić information content (AvgIpc) is 3.78. The van der Waals surface area contributed by atoms with Crippen LogP contribution in [0.1, 0.15) is 94.3 Å². The molecule has 21 nitrogen and oxygen atoms in total. The minimum atomic E-state index is -1.16. The highest BCUT2D eigenvalue weighted by Gasteiger charge is 2.43. The normalized spacial score (nSPS) is 18.5. The number of carbonyl (C=O) groups excluding carboxylic acids is 6. The molecule has 8 rings (SSSR count). The average molecular weight is 1250 g/mol. The number of carbonyl (C=O) groups is 6. The number of halogens is 3. The number of aromatic nitrogens is 1. The zero-order valence-electron chi connectivity index (χ0n) is 49.7. The summed E-state index contributed by atoms with van der Waals surface area (Å²) in [4.78, 5) is 97.0. The number of aryl methyl sites for hydroxylation is 1. The van der Waals surface area contributed by atoms with Crippen molar-refractivity contribution in [1.29, 1.82) is 0 Å². The fraction of sp³-hybridized carbons (Fsp3) is 0.516. The summed E-state index contributed by atoms with van der Waals surface area (Å²) in [6, 6.07) is 15.5. The Morgan fingerprint density at radius 2 is 1.40 bits per heavy atom. The molecule has 0 saturated carbocycles. The van der Waals surface area contributed by atoms with Crippen LogP contribution >= 0.6 is 23.4 Å². The molecule has 0 bridgehead atoms. The van der Waals surface area contributed by atoms with Crippen LogP contribution in [0.25, 0.3) is 0 Å². The number of piperazine rings is 1. The molecule has 5 amide bonds. The van der Waals surface area contributed by atoms with Gasteiger partial charge in [-0.2, -0.15) is 0 Å². The van der Waals surface area contributed by atoms with E-state index in [4.69, 9.17) is 46.0 Å². The van der Waals surface area contributed by atoms with Gasteiger partial charge in [0.05, 0.1) is 92.6 Å².